The Balaban J connectivity index is 1.78. The predicted octanol–water partition coefficient (Wildman–Crippen LogP) is 0.0485. The van der Waals surface area contributed by atoms with E-state index in [0.717, 1.165) is 19.4 Å². The Morgan fingerprint density at radius 2 is 2.44 bits per heavy atom. The summed E-state index contributed by atoms with van der Waals surface area (Å²) in [6.07, 6.45) is 3.47. The highest BCUT2D eigenvalue weighted by Crippen LogP contribution is 2.42. The fraction of sp³-hybridized carbons (Fsp3) is 0.583. The van der Waals surface area contributed by atoms with Crippen LogP contribution < -0.4 is 10.5 Å². The van der Waals surface area contributed by atoms with Gasteiger partial charge in [-0.05, 0) is 18.8 Å². The maximum absolute atomic E-state index is 12.3. The van der Waals surface area contributed by atoms with E-state index in [1.54, 1.807) is 11.0 Å². The van der Waals surface area contributed by atoms with Crippen LogP contribution >= 0.6 is 0 Å². The number of amides is 1. The van der Waals surface area contributed by atoms with Gasteiger partial charge in [-0.15, -0.1) is 0 Å². The van der Waals surface area contributed by atoms with E-state index in [4.69, 9.17) is 10.5 Å². The van der Waals surface area contributed by atoms with E-state index in [2.05, 4.69) is 9.97 Å². The maximum Gasteiger partial charge on any atom is 0.272 e. The van der Waals surface area contributed by atoms with E-state index in [1.807, 2.05) is 0 Å². The number of rotatable bonds is 2. The smallest absolute Gasteiger partial charge is 0.272 e. The monoisotopic (exact) mass is 248 g/mol. The third-order valence-electron chi connectivity index (χ3n) is 4.05. The van der Waals surface area contributed by atoms with Crippen LogP contribution in [0.3, 0.4) is 0 Å². The highest BCUT2D eigenvalue weighted by Gasteiger charge is 2.51. The number of likely N-dealkylation sites (tertiary alicyclic amines) is 1. The molecule has 1 aliphatic heterocycles. The molecule has 96 valence electrons. The molecule has 6 nitrogen and oxygen atoms in total. The highest BCUT2D eigenvalue weighted by molar-refractivity contribution is 5.92. The molecule has 2 N–H and O–H groups in total. The van der Waals surface area contributed by atoms with E-state index >= 15 is 0 Å². The second-order valence-electron chi connectivity index (χ2n) is 5.10. The minimum Gasteiger partial charge on any atom is -0.481 e. The zero-order valence-corrected chi connectivity index (χ0v) is 10.3. The summed E-state index contributed by atoms with van der Waals surface area (Å²) in [5.74, 6) is 0.762. The first-order valence-corrected chi connectivity index (χ1v) is 6.06. The van der Waals surface area contributed by atoms with Crippen molar-refractivity contribution < 1.29 is 9.53 Å². The van der Waals surface area contributed by atoms with Gasteiger partial charge < -0.3 is 15.4 Å². The average Bonchev–Trinajstić information content (AvgIpc) is 2.62. The largest absolute Gasteiger partial charge is 0.481 e. The maximum atomic E-state index is 12.3. The van der Waals surface area contributed by atoms with Gasteiger partial charge in [0.2, 0.25) is 5.88 Å². The van der Waals surface area contributed by atoms with Crippen LogP contribution in [0.15, 0.2) is 12.4 Å². The third-order valence-corrected chi connectivity index (χ3v) is 4.05. The molecule has 2 aliphatic rings. The molecule has 1 saturated heterocycles. The first-order chi connectivity index (χ1) is 8.62. The second kappa shape index (κ2) is 3.91. The Hall–Kier alpha value is -1.69. The molecule has 1 aromatic heterocycles. The Bertz CT molecular complexity index is 493. The minimum atomic E-state index is -0.160. The molecule has 2 heterocycles. The number of methoxy groups -OCH3 is 1. The van der Waals surface area contributed by atoms with Crippen LogP contribution in [0.5, 0.6) is 5.88 Å². The number of hydrogen-bond donors (Lipinski definition) is 1. The average molecular weight is 248 g/mol. The van der Waals surface area contributed by atoms with Crippen LogP contribution in [0.2, 0.25) is 0 Å². The fourth-order valence-corrected chi connectivity index (χ4v) is 2.77. The first-order valence-electron chi connectivity index (χ1n) is 6.06. The number of fused-ring (bicyclic) bond motifs is 1. The minimum absolute atomic E-state index is 0.0880. The van der Waals surface area contributed by atoms with E-state index in [1.165, 1.54) is 13.4 Å². The van der Waals surface area contributed by atoms with Crippen molar-refractivity contribution in [2.45, 2.75) is 18.4 Å². The number of nitrogens with zero attached hydrogens (tertiary/aromatic N) is 3. The van der Waals surface area contributed by atoms with Crippen LogP contribution in [0.1, 0.15) is 23.3 Å². The van der Waals surface area contributed by atoms with Crippen LogP contribution in [-0.2, 0) is 0 Å². The van der Waals surface area contributed by atoms with Gasteiger partial charge in [-0.1, -0.05) is 0 Å². The molecule has 0 aromatic carbocycles. The molecule has 3 rings (SSSR count). The number of hydrogen-bond acceptors (Lipinski definition) is 5. The topological polar surface area (TPSA) is 81.3 Å². The summed E-state index contributed by atoms with van der Waals surface area (Å²) in [5, 5.41) is 0. The fourth-order valence-electron chi connectivity index (χ4n) is 2.77. The molecule has 2 fully saturated rings. The van der Waals surface area contributed by atoms with Gasteiger partial charge in [0, 0.05) is 24.7 Å². The van der Waals surface area contributed by atoms with Gasteiger partial charge >= 0.3 is 0 Å². The quantitative estimate of drug-likeness (QED) is 0.799. The van der Waals surface area contributed by atoms with E-state index in [0.29, 0.717) is 24.0 Å². The predicted molar refractivity (Wildman–Crippen MR) is 64.1 cm³/mol. The van der Waals surface area contributed by atoms with Crippen molar-refractivity contribution in [2.75, 3.05) is 20.2 Å². The highest BCUT2D eigenvalue weighted by atomic mass is 16.5. The van der Waals surface area contributed by atoms with Gasteiger partial charge in [-0.3, -0.25) is 4.79 Å². The van der Waals surface area contributed by atoms with Crippen molar-refractivity contribution in [1.29, 1.82) is 0 Å². The van der Waals surface area contributed by atoms with Crippen LogP contribution in [-0.4, -0.2) is 46.5 Å². The Labute approximate surface area is 105 Å². The lowest BCUT2D eigenvalue weighted by molar-refractivity contribution is 0.0778. The Kier molecular flexibility index (Phi) is 2.48. The van der Waals surface area contributed by atoms with Gasteiger partial charge in [-0.25, -0.2) is 9.97 Å². The van der Waals surface area contributed by atoms with Gasteiger partial charge in [-0.2, -0.15) is 0 Å². The van der Waals surface area contributed by atoms with Crippen molar-refractivity contribution in [3.63, 3.8) is 0 Å². The summed E-state index contributed by atoms with van der Waals surface area (Å²) in [4.78, 5) is 22.0. The zero-order valence-electron chi connectivity index (χ0n) is 10.3. The number of carbonyl (C=O) groups is 1. The summed E-state index contributed by atoms with van der Waals surface area (Å²) >= 11 is 0. The van der Waals surface area contributed by atoms with Crippen molar-refractivity contribution >= 4 is 5.91 Å². The van der Waals surface area contributed by atoms with E-state index < -0.39 is 0 Å². The molecule has 0 spiro atoms. The Morgan fingerprint density at radius 1 is 1.61 bits per heavy atom. The Morgan fingerprint density at radius 3 is 3.00 bits per heavy atom. The molecule has 2 atom stereocenters. The lowest BCUT2D eigenvalue weighted by atomic mass is 9.70. The summed E-state index contributed by atoms with van der Waals surface area (Å²) in [6.45, 7) is 1.37. The molecule has 1 amide bonds. The molecular weight excluding hydrogens is 232 g/mol. The van der Waals surface area contributed by atoms with Gasteiger partial charge in [0.05, 0.1) is 7.11 Å². The molecule has 6 heteroatoms. The summed E-state index contributed by atoms with van der Waals surface area (Å²) in [6, 6.07) is 1.56. The molecular formula is C12H16N4O2. The molecule has 18 heavy (non-hydrogen) atoms. The number of carbonyl (C=O) groups excluding carboxylic acids is 1. The number of aromatic nitrogens is 2. The van der Waals surface area contributed by atoms with Crippen molar-refractivity contribution in [3.05, 3.63) is 18.1 Å². The SMILES string of the molecule is COc1cc(C(=O)N2C[C@@H]3CC[C@]3(N)C2)ncn1. The van der Waals surface area contributed by atoms with Crippen molar-refractivity contribution in [3.8, 4) is 5.88 Å². The van der Waals surface area contributed by atoms with Crippen LogP contribution in [0.25, 0.3) is 0 Å². The zero-order chi connectivity index (χ0) is 12.8. The van der Waals surface area contributed by atoms with Gasteiger partial charge in [0.15, 0.2) is 0 Å². The molecule has 0 bridgehead atoms. The molecule has 0 unspecified atom stereocenters. The van der Waals surface area contributed by atoms with Gasteiger partial charge in [0.25, 0.3) is 5.91 Å². The summed E-state index contributed by atoms with van der Waals surface area (Å²) in [5.41, 5.74) is 6.43. The van der Waals surface area contributed by atoms with E-state index in [-0.39, 0.29) is 11.4 Å². The lowest BCUT2D eigenvalue weighted by Crippen LogP contribution is -2.54. The van der Waals surface area contributed by atoms with Gasteiger partial charge in [0.1, 0.15) is 12.0 Å². The summed E-state index contributed by atoms with van der Waals surface area (Å²) in [7, 11) is 1.52. The number of ether oxygens (including phenoxy) is 1. The molecule has 1 saturated carbocycles. The standard InChI is InChI=1S/C12H16N4O2/c1-18-10-4-9(14-7-15-10)11(17)16-5-8-2-3-12(8,13)6-16/h4,7-8H,2-3,5-6,13H2,1H3/t8-,12-/m0/s1. The first kappa shape index (κ1) is 11.4. The van der Waals surface area contributed by atoms with Crippen LogP contribution in [0.4, 0.5) is 0 Å². The lowest BCUT2D eigenvalue weighted by Gasteiger charge is -2.39. The molecule has 1 aromatic rings. The molecule has 0 radical (unpaired) electrons. The van der Waals surface area contributed by atoms with Crippen molar-refractivity contribution in [2.24, 2.45) is 11.7 Å². The summed E-state index contributed by atoms with van der Waals surface area (Å²) < 4.78 is 5.00. The molecule has 1 aliphatic carbocycles. The van der Waals surface area contributed by atoms with E-state index in [9.17, 15) is 4.79 Å². The number of nitrogens with two attached hydrogens (primary N) is 1. The van der Waals surface area contributed by atoms with Crippen LogP contribution in [0, 0.1) is 5.92 Å². The normalized spacial score (nSPS) is 29.7. The van der Waals surface area contributed by atoms with Crippen molar-refractivity contribution in [1.82, 2.24) is 14.9 Å². The third kappa shape index (κ3) is 1.64. The second-order valence-corrected chi connectivity index (χ2v) is 5.10.